The largest absolute Gasteiger partial charge is 0.470 e. The van der Waals surface area contributed by atoms with Crippen molar-refractivity contribution in [3.8, 4) is 18.1 Å². The topological polar surface area (TPSA) is 77.3 Å². The molecule has 1 saturated heterocycles. The molecule has 3 heterocycles. The average molecular weight is 422 g/mol. The highest BCUT2D eigenvalue weighted by Gasteiger charge is 2.37. The zero-order valence-corrected chi connectivity index (χ0v) is 16.2. The molecule has 1 amide bonds. The van der Waals surface area contributed by atoms with Crippen molar-refractivity contribution in [3.05, 3.63) is 63.4 Å². The Kier molecular flexibility index (Phi) is 4.43. The van der Waals surface area contributed by atoms with Crippen LogP contribution in [-0.4, -0.2) is 38.6 Å². The number of benzene rings is 2. The molecular weight excluding hydrogens is 406 g/mol. The van der Waals surface area contributed by atoms with E-state index in [2.05, 4.69) is 16.2 Å². The van der Waals surface area contributed by atoms with Crippen LogP contribution in [0.1, 0.15) is 34.8 Å². The lowest BCUT2D eigenvalue weighted by molar-refractivity contribution is 0.0295. The molecule has 31 heavy (non-hydrogen) atoms. The number of halogens is 2. The highest BCUT2D eigenvalue weighted by Crippen LogP contribution is 2.34. The fourth-order valence-corrected chi connectivity index (χ4v) is 4.11. The first-order chi connectivity index (χ1) is 14.9. The van der Waals surface area contributed by atoms with Gasteiger partial charge in [-0.1, -0.05) is 11.1 Å². The van der Waals surface area contributed by atoms with E-state index < -0.39 is 23.2 Å². The third-order valence-electron chi connectivity index (χ3n) is 5.58. The quantitative estimate of drug-likeness (QED) is 0.606. The summed E-state index contributed by atoms with van der Waals surface area (Å²) in [5.41, 5.74) is 0.329. The number of carbonyl (C=O) groups is 1. The Morgan fingerprint density at radius 1 is 1.19 bits per heavy atom. The molecule has 1 fully saturated rings. The lowest BCUT2D eigenvalue weighted by atomic mass is 10.1. The molecule has 0 N–H and O–H groups in total. The third kappa shape index (κ3) is 3.20. The van der Waals surface area contributed by atoms with Gasteiger partial charge in [0.05, 0.1) is 10.9 Å². The first-order valence-corrected chi connectivity index (χ1v) is 9.76. The van der Waals surface area contributed by atoms with E-state index in [1.54, 1.807) is 4.90 Å². The van der Waals surface area contributed by atoms with Crippen LogP contribution in [0.3, 0.4) is 0 Å². The molecule has 0 aliphatic carbocycles. The molecule has 5 rings (SSSR count). The van der Waals surface area contributed by atoms with Crippen LogP contribution in [0.2, 0.25) is 0 Å². The summed E-state index contributed by atoms with van der Waals surface area (Å²) in [5, 5.41) is 8.17. The molecule has 7 nitrogen and oxygen atoms in total. The lowest BCUT2D eigenvalue weighted by Crippen LogP contribution is -2.43. The van der Waals surface area contributed by atoms with Gasteiger partial charge in [-0.2, -0.15) is 4.68 Å². The van der Waals surface area contributed by atoms with Crippen LogP contribution < -0.4 is 10.3 Å². The summed E-state index contributed by atoms with van der Waals surface area (Å²) in [5.74, 6) is 1.12. The van der Waals surface area contributed by atoms with Crippen LogP contribution in [0.25, 0.3) is 10.9 Å². The lowest BCUT2D eigenvalue weighted by Gasteiger charge is -2.31. The van der Waals surface area contributed by atoms with Crippen LogP contribution in [-0.2, 0) is 6.42 Å². The van der Waals surface area contributed by atoms with Gasteiger partial charge in [0.25, 0.3) is 11.5 Å². The molecule has 0 radical (unpaired) electrons. The summed E-state index contributed by atoms with van der Waals surface area (Å²) in [6.07, 6.45) is 6.82. The molecular formula is C22H16F2N4O3. The van der Waals surface area contributed by atoms with Gasteiger partial charge in [-0.25, -0.2) is 8.78 Å². The monoisotopic (exact) mass is 422 g/mol. The van der Waals surface area contributed by atoms with Crippen LogP contribution >= 0.6 is 0 Å². The maximum absolute atomic E-state index is 13.5. The average Bonchev–Trinajstić information content (AvgIpc) is 3.20. The van der Waals surface area contributed by atoms with E-state index in [1.165, 1.54) is 12.1 Å². The normalized spacial score (nSPS) is 18.3. The Bertz CT molecular complexity index is 1310. The van der Waals surface area contributed by atoms with Gasteiger partial charge in [-0.3, -0.25) is 9.59 Å². The number of terminal acetylenes is 1. The standard InChI is InChI=1S/C22H16F2N4O3/c1-2-15(8-12-6-13(23)9-14(24)7-12)28-22(30)16-11-19-17(10-18(16)25-26-28)21(29)27-5-3-4-20(27)31-19/h1,6-7,9-11,15,20H,3-5,8H2/t15-,20?/m1/s1. The summed E-state index contributed by atoms with van der Waals surface area (Å²) < 4.78 is 34.0. The van der Waals surface area contributed by atoms with Crippen molar-refractivity contribution < 1.29 is 18.3 Å². The van der Waals surface area contributed by atoms with E-state index in [4.69, 9.17) is 11.2 Å². The Morgan fingerprint density at radius 2 is 1.97 bits per heavy atom. The summed E-state index contributed by atoms with van der Waals surface area (Å²) in [7, 11) is 0. The Morgan fingerprint density at radius 3 is 2.71 bits per heavy atom. The first kappa shape index (κ1) is 19.2. The van der Waals surface area contributed by atoms with E-state index in [0.717, 1.165) is 35.7 Å². The number of hydrogen-bond acceptors (Lipinski definition) is 5. The van der Waals surface area contributed by atoms with Gasteiger partial charge in [0.2, 0.25) is 0 Å². The van der Waals surface area contributed by atoms with Crippen molar-refractivity contribution in [2.24, 2.45) is 0 Å². The van der Waals surface area contributed by atoms with Crippen molar-refractivity contribution >= 4 is 16.8 Å². The van der Waals surface area contributed by atoms with E-state index in [-0.39, 0.29) is 35.0 Å². The number of nitrogens with zero attached hydrogens (tertiary/aromatic N) is 4. The van der Waals surface area contributed by atoms with Crippen molar-refractivity contribution in [1.29, 1.82) is 0 Å². The number of hydrogen-bond donors (Lipinski definition) is 0. The molecule has 0 bridgehead atoms. The smallest absolute Gasteiger partial charge is 0.278 e. The van der Waals surface area contributed by atoms with Gasteiger partial charge in [-0.05, 0) is 36.2 Å². The molecule has 0 spiro atoms. The zero-order valence-electron chi connectivity index (χ0n) is 16.2. The van der Waals surface area contributed by atoms with Crippen molar-refractivity contribution in [2.45, 2.75) is 31.5 Å². The van der Waals surface area contributed by atoms with Crippen LogP contribution in [0.5, 0.6) is 5.75 Å². The minimum absolute atomic E-state index is 0.0117. The Labute approximate surface area is 175 Å². The van der Waals surface area contributed by atoms with E-state index in [1.807, 2.05) is 0 Å². The number of amides is 1. The molecule has 2 aliphatic rings. The number of rotatable bonds is 3. The van der Waals surface area contributed by atoms with Gasteiger partial charge >= 0.3 is 0 Å². The number of ether oxygens (including phenoxy) is 1. The SMILES string of the molecule is C#C[C@H](Cc1cc(F)cc(F)c1)n1nnc2cc3c(cc2c1=O)OC1CCCN1C3=O. The number of fused-ring (bicyclic) bond motifs is 3. The Balaban J connectivity index is 1.56. The highest BCUT2D eigenvalue weighted by atomic mass is 19.1. The molecule has 2 aliphatic heterocycles. The van der Waals surface area contributed by atoms with Gasteiger partial charge in [0.1, 0.15) is 28.9 Å². The molecule has 3 aromatic rings. The fourth-order valence-electron chi connectivity index (χ4n) is 4.11. The van der Waals surface area contributed by atoms with E-state index >= 15 is 0 Å². The van der Waals surface area contributed by atoms with Crippen molar-refractivity contribution in [1.82, 2.24) is 19.9 Å². The summed E-state index contributed by atoms with van der Waals surface area (Å²) in [6, 6.07) is 5.13. The van der Waals surface area contributed by atoms with Crippen LogP contribution in [0, 0.1) is 24.0 Å². The third-order valence-corrected chi connectivity index (χ3v) is 5.58. The van der Waals surface area contributed by atoms with Crippen molar-refractivity contribution in [2.75, 3.05) is 6.54 Å². The molecule has 2 aromatic carbocycles. The second-order valence-corrected chi connectivity index (χ2v) is 7.58. The van der Waals surface area contributed by atoms with Gasteiger partial charge in [0, 0.05) is 25.5 Å². The van der Waals surface area contributed by atoms with E-state index in [0.29, 0.717) is 17.9 Å². The summed E-state index contributed by atoms with van der Waals surface area (Å²) >= 11 is 0. The predicted molar refractivity (Wildman–Crippen MR) is 106 cm³/mol. The maximum Gasteiger partial charge on any atom is 0.278 e. The molecule has 1 unspecified atom stereocenters. The fraction of sp³-hybridized carbons (Fsp3) is 0.273. The van der Waals surface area contributed by atoms with Gasteiger partial charge in [-0.15, -0.1) is 11.5 Å². The predicted octanol–water partition coefficient (Wildman–Crippen LogP) is 2.44. The molecule has 1 aromatic heterocycles. The summed E-state index contributed by atoms with van der Waals surface area (Å²) in [6.45, 7) is 0.624. The second kappa shape index (κ2) is 7.16. The molecule has 156 valence electrons. The van der Waals surface area contributed by atoms with Gasteiger partial charge < -0.3 is 9.64 Å². The second-order valence-electron chi connectivity index (χ2n) is 7.58. The number of carbonyl (C=O) groups excluding carboxylic acids is 1. The highest BCUT2D eigenvalue weighted by molar-refractivity contribution is 6.01. The van der Waals surface area contributed by atoms with Gasteiger partial charge in [0.15, 0.2) is 6.23 Å². The number of aromatic nitrogens is 3. The molecule has 0 saturated carbocycles. The maximum atomic E-state index is 13.5. The first-order valence-electron chi connectivity index (χ1n) is 9.76. The zero-order chi connectivity index (χ0) is 21.7. The summed E-state index contributed by atoms with van der Waals surface area (Å²) in [4.78, 5) is 27.5. The molecule has 9 heteroatoms. The van der Waals surface area contributed by atoms with Crippen LogP contribution in [0.4, 0.5) is 8.78 Å². The van der Waals surface area contributed by atoms with Crippen LogP contribution in [0.15, 0.2) is 35.1 Å². The minimum atomic E-state index is -0.908. The van der Waals surface area contributed by atoms with E-state index in [9.17, 15) is 18.4 Å². The molecule has 2 atom stereocenters. The Hall–Kier alpha value is -3.80. The minimum Gasteiger partial charge on any atom is -0.470 e. The van der Waals surface area contributed by atoms with Crippen molar-refractivity contribution in [3.63, 3.8) is 0 Å².